The van der Waals surface area contributed by atoms with E-state index in [4.69, 9.17) is 0 Å². The van der Waals surface area contributed by atoms with Gasteiger partial charge in [0, 0.05) is 12.3 Å². The van der Waals surface area contributed by atoms with E-state index in [1.807, 2.05) is 37.3 Å². The van der Waals surface area contributed by atoms with E-state index in [0.717, 1.165) is 5.56 Å². The quantitative estimate of drug-likeness (QED) is 0.863. The molecule has 1 atom stereocenters. The van der Waals surface area contributed by atoms with Crippen molar-refractivity contribution in [1.29, 1.82) is 0 Å². The number of nitrogens with one attached hydrogen (secondary N) is 2. The average Bonchev–Trinajstić information content (AvgIpc) is 2.40. The van der Waals surface area contributed by atoms with Gasteiger partial charge < -0.3 is 10.3 Å². The summed E-state index contributed by atoms with van der Waals surface area (Å²) >= 11 is 0. The summed E-state index contributed by atoms with van der Waals surface area (Å²) in [5.41, 5.74) is 1.26. The number of pyridine rings is 1. The number of carbonyl (C=O) groups excluding carboxylic acids is 1. The van der Waals surface area contributed by atoms with Gasteiger partial charge in [-0.05, 0) is 18.6 Å². The molecule has 2 rings (SSSR count). The van der Waals surface area contributed by atoms with Gasteiger partial charge in [0.1, 0.15) is 0 Å². The van der Waals surface area contributed by atoms with E-state index >= 15 is 0 Å². The van der Waals surface area contributed by atoms with Crippen LogP contribution in [-0.4, -0.2) is 10.9 Å². The molecule has 0 unspecified atom stereocenters. The van der Waals surface area contributed by atoms with Crippen molar-refractivity contribution in [2.45, 2.75) is 13.0 Å². The zero-order valence-corrected chi connectivity index (χ0v) is 10.0. The van der Waals surface area contributed by atoms with Gasteiger partial charge in [0.15, 0.2) is 0 Å². The number of aromatic nitrogens is 1. The first kappa shape index (κ1) is 12.1. The summed E-state index contributed by atoms with van der Waals surface area (Å²) in [4.78, 5) is 25.3. The molecular formula is C14H14N2O2. The fraction of sp³-hybridized carbons (Fsp3) is 0.143. The highest BCUT2D eigenvalue weighted by atomic mass is 16.2. The molecule has 0 fully saturated rings. The highest BCUT2D eigenvalue weighted by Crippen LogP contribution is 2.11. The van der Waals surface area contributed by atoms with E-state index in [1.54, 1.807) is 0 Å². The SMILES string of the molecule is C[C@H](NC(=O)c1ccc(=O)[nH]c1)c1ccccc1. The Balaban J connectivity index is 2.08. The van der Waals surface area contributed by atoms with Crippen LogP contribution in [-0.2, 0) is 0 Å². The van der Waals surface area contributed by atoms with Crippen molar-refractivity contribution in [3.8, 4) is 0 Å². The maximum absolute atomic E-state index is 11.9. The Labute approximate surface area is 105 Å². The largest absolute Gasteiger partial charge is 0.345 e. The minimum absolute atomic E-state index is 0.0781. The van der Waals surface area contributed by atoms with E-state index in [9.17, 15) is 9.59 Å². The average molecular weight is 242 g/mol. The zero-order chi connectivity index (χ0) is 13.0. The topological polar surface area (TPSA) is 62.0 Å². The van der Waals surface area contributed by atoms with Crippen LogP contribution in [0.5, 0.6) is 0 Å². The molecule has 4 heteroatoms. The van der Waals surface area contributed by atoms with Gasteiger partial charge in [-0.15, -0.1) is 0 Å². The Morgan fingerprint density at radius 3 is 2.50 bits per heavy atom. The molecule has 2 aromatic rings. The van der Waals surface area contributed by atoms with E-state index < -0.39 is 0 Å². The van der Waals surface area contributed by atoms with Crippen molar-refractivity contribution in [2.75, 3.05) is 0 Å². The summed E-state index contributed by atoms with van der Waals surface area (Å²) in [6.07, 6.45) is 1.41. The van der Waals surface area contributed by atoms with Gasteiger partial charge in [-0.2, -0.15) is 0 Å². The van der Waals surface area contributed by atoms with Gasteiger partial charge in [0.05, 0.1) is 11.6 Å². The molecule has 0 aliphatic heterocycles. The predicted octanol–water partition coefficient (Wildman–Crippen LogP) is 1.87. The highest BCUT2D eigenvalue weighted by Gasteiger charge is 2.10. The molecule has 0 bridgehead atoms. The monoisotopic (exact) mass is 242 g/mol. The van der Waals surface area contributed by atoms with Crippen molar-refractivity contribution in [3.05, 3.63) is 70.1 Å². The first-order valence-electron chi connectivity index (χ1n) is 5.71. The molecule has 2 N–H and O–H groups in total. The Morgan fingerprint density at radius 2 is 1.89 bits per heavy atom. The standard InChI is InChI=1S/C14H14N2O2/c1-10(11-5-3-2-4-6-11)16-14(18)12-7-8-13(17)15-9-12/h2-10H,1H3,(H,15,17)(H,16,18)/t10-/m0/s1. The summed E-state index contributed by atoms with van der Waals surface area (Å²) < 4.78 is 0. The molecular weight excluding hydrogens is 228 g/mol. The molecule has 0 spiro atoms. The van der Waals surface area contributed by atoms with Crippen molar-refractivity contribution in [2.24, 2.45) is 0 Å². The Morgan fingerprint density at radius 1 is 1.17 bits per heavy atom. The number of aromatic amines is 1. The van der Waals surface area contributed by atoms with Crippen molar-refractivity contribution in [3.63, 3.8) is 0 Å². The Hall–Kier alpha value is -2.36. The number of benzene rings is 1. The van der Waals surface area contributed by atoms with Crippen LogP contribution in [0.1, 0.15) is 28.9 Å². The molecule has 18 heavy (non-hydrogen) atoms. The number of H-pyrrole nitrogens is 1. The fourth-order valence-electron chi connectivity index (χ4n) is 1.66. The smallest absolute Gasteiger partial charge is 0.253 e. The molecule has 1 aromatic carbocycles. The van der Waals surface area contributed by atoms with E-state index in [0.29, 0.717) is 5.56 Å². The lowest BCUT2D eigenvalue weighted by Crippen LogP contribution is -2.27. The van der Waals surface area contributed by atoms with Crippen LogP contribution in [0.3, 0.4) is 0 Å². The second-order valence-corrected chi connectivity index (χ2v) is 4.05. The summed E-state index contributed by atoms with van der Waals surface area (Å²) in [6.45, 7) is 1.92. The lowest BCUT2D eigenvalue weighted by Gasteiger charge is -2.14. The first-order valence-corrected chi connectivity index (χ1v) is 5.71. The number of hydrogen-bond donors (Lipinski definition) is 2. The van der Waals surface area contributed by atoms with Crippen LogP contribution in [0.4, 0.5) is 0 Å². The zero-order valence-electron chi connectivity index (χ0n) is 10.0. The third kappa shape index (κ3) is 2.85. The second-order valence-electron chi connectivity index (χ2n) is 4.05. The number of rotatable bonds is 3. The number of hydrogen-bond acceptors (Lipinski definition) is 2. The second kappa shape index (κ2) is 5.31. The van der Waals surface area contributed by atoms with Gasteiger partial charge in [-0.25, -0.2) is 0 Å². The predicted molar refractivity (Wildman–Crippen MR) is 69.4 cm³/mol. The summed E-state index contributed by atoms with van der Waals surface area (Å²) in [7, 11) is 0. The summed E-state index contributed by atoms with van der Waals surface area (Å²) in [6, 6.07) is 12.5. The number of carbonyl (C=O) groups is 1. The van der Waals surface area contributed by atoms with E-state index in [2.05, 4.69) is 10.3 Å². The number of amides is 1. The van der Waals surface area contributed by atoms with Crippen molar-refractivity contribution >= 4 is 5.91 Å². The third-order valence-electron chi connectivity index (χ3n) is 2.69. The van der Waals surface area contributed by atoms with Gasteiger partial charge >= 0.3 is 0 Å². The normalized spacial score (nSPS) is 11.8. The molecule has 0 radical (unpaired) electrons. The van der Waals surface area contributed by atoms with Crippen LogP contribution >= 0.6 is 0 Å². The molecule has 0 saturated heterocycles. The maximum Gasteiger partial charge on any atom is 0.253 e. The van der Waals surface area contributed by atoms with Crippen LogP contribution in [0, 0.1) is 0 Å². The molecule has 1 amide bonds. The first-order chi connectivity index (χ1) is 8.66. The molecule has 1 heterocycles. The van der Waals surface area contributed by atoms with Crippen LogP contribution in [0.15, 0.2) is 53.5 Å². The van der Waals surface area contributed by atoms with Gasteiger partial charge in [0.2, 0.25) is 5.56 Å². The van der Waals surface area contributed by atoms with Crippen LogP contribution in [0.2, 0.25) is 0 Å². The molecule has 92 valence electrons. The van der Waals surface area contributed by atoms with E-state index in [-0.39, 0.29) is 17.5 Å². The third-order valence-corrected chi connectivity index (χ3v) is 2.69. The molecule has 0 saturated carbocycles. The lowest BCUT2D eigenvalue weighted by atomic mass is 10.1. The van der Waals surface area contributed by atoms with Gasteiger partial charge in [-0.3, -0.25) is 9.59 Å². The van der Waals surface area contributed by atoms with Crippen LogP contribution < -0.4 is 10.9 Å². The summed E-state index contributed by atoms with van der Waals surface area (Å²) in [5.74, 6) is -0.206. The molecule has 0 aliphatic carbocycles. The van der Waals surface area contributed by atoms with Gasteiger partial charge in [-0.1, -0.05) is 30.3 Å². The Kier molecular flexibility index (Phi) is 3.57. The maximum atomic E-state index is 11.9. The minimum atomic E-state index is -0.220. The molecule has 1 aromatic heterocycles. The highest BCUT2D eigenvalue weighted by molar-refractivity contribution is 5.94. The van der Waals surface area contributed by atoms with Crippen molar-refractivity contribution < 1.29 is 4.79 Å². The summed E-state index contributed by atoms with van der Waals surface area (Å²) in [5, 5.41) is 2.87. The van der Waals surface area contributed by atoms with Crippen molar-refractivity contribution in [1.82, 2.24) is 10.3 Å². The van der Waals surface area contributed by atoms with Crippen LogP contribution in [0.25, 0.3) is 0 Å². The minimum Gasteiger partial charge on any atom is -0.345 e. The lowest BCUT2D eigenvalue weighted by molar-refractivity contribution is 0.0939. The molecule has 0 aliphatic rings. The molecule has 4 nitrogen and oxygen atoms in total. The fourth-order valence-corrected chi connectivity index (χ4v) is 1.66. The Bertz CT molecular complexity index is 570. The van der Waals surface area contributed by atoms with Gasteiger partial charge in [0.25, 0.3) is 5.91 Å². The van der Waals surface area contributed by atoms with E-state index in [1.165, 1.54) is 18.3 Å².